The molecular weight excluding hydrogens is 476 g/mol. The zero-order valence-electron chi connectivity index (χ0n) is 21.6. The van der Waals surface area contributed by atoms with E-state index in [1.807, 2.05) is 0 Å². The van der Waals surface area contributed by atoms with Crippen LogP contribution in [0.1, 0.15) is 70.8 Å². The predicted molar refractivity (Wildman–Crippen MR) is 138 cm³/mol. The quantitative estimate of drug-likeness (QED) is 0.263. The first-order valence-corrected chi connectivity index (χ1v) is 13.5. The number of aliphatic hydroxyl groups is 1. The normalized spacial score (nSPS) is 37.5. The van der Waals surface area contributed by atoms with Gasteiger partial charge in [0, 0.05) is 5.92 Å². The molecule has 4 aliphatic rings. The van der Waals surface area contributed by atoms with Gasteiger partial charge in [0.25, 0.3) is 0 Å². The fourth-order valence-corrected chi connectivity index (χ4v) is 8.30. The van der Waals surface area contributed by atoms with Gasteiger partial charge in [-0.15, -0.1) is 0 Å². The van der Waals surface area contributed by atoms with E-state index in [2.05, 4.69) is 25.1 Å². The average molecular weight is 514 g/mol. The van der Waals surface area contributed by atoms with Crippen molar-refractivity contribution in [3.8, 4) is 0 Å². The number of rotatable bonds is 6. The van der Waals surface area contributed by atoms with Crippen LogP contribution in [0.4, 0.5) is 8.78 Å². The highest BCUT2D eigenvalue weighted by Gasteiger charge is 2.59. The standard InChI is InChI=1S/C30H37F2NO4/c1-29-13-11-20(34)16-19(29)5-6-21-22-7-8-24(30(22,2)14-12-23(21)29)27(33-37-17-28(35)36)10-4-18-3-9-25(31)26(32)15-18/h3-5,9-10,15,20-24,34H,6-8,11-14,16-17H2,1-2H3,(H,35,36)/b10-4+,33-27+/t20-,21-,22-,23-,24+,29-,30-/m0/s1. The third-order valence-electron chi connectivity index (χ3n) is 10.2. The van der Waals surface area contributed by atoms with E-state index in [4.69, 9.17) is 9.94 Å². The molecule has 7 atom stereocenters. The Labute approximate surface area is 217 Å². The fourth-order valence-electron chi connectivity index (χ4n) is 8.30. The van der Waals surface area contributed by atoms with Crippen LogP contribution in [0.3, 0.4) is 0 Å². The molecule has 0 amide bonds. The highest BCUT2D eigenvalue weighted by Crippen LogP contribution is 2.66. The summed E-state index contributed by atoms with van der Waals surface area (Å²) in [6.45, 7) is 4.22. The van der Waals surface area contributed by atoms with E-state index in [1.54, 1.807) is 12.2 Å². The van der Waals surface area contributed by atoms with E-state index in [0.29, 0.717) is 29.0 Å². The zero-order chi connectivity index (χ0) is 26.4. The summed E-state index contributed by atoms with van der Waals surface area (Å²) < 4.78 is 27.2. The van der Waals surface area contributed by atoms with Crippen LogP contribution in [0.15, 0.2) is 41.1 Å². The van der Waals surface area contributed by atoms with Gasteiger partial charge >= 0.3 is 5.97 Å². The average Bonchev–Trinajstić information content (AvgIpc) is 3.20. The van der Waals surface area contributed by atoms with Crippen molar-refractivity contribution < 1.29 is 28.6 Å². The summed E-state index contributed by atoms with van der Waals surface area (Å²) in [5, 5.41) is 23.6. The van der Waals surface area contributed by atoms with E-state index < -0.39 is 24.2 Å². The third-order valence-corrected chi connectivity index (χ3v) is 10.2. The molecule has 5 nitrogen and oxygen atoms in total. The van der Waals surface area contributed by atoms with Gasteiger partial charge in [-0.25, -0.2) is 13.6 Å². The van der Waals surface area contributed by atoms with Gasteiger partial charge in [-0.05, 0) is 104 Å². The summed E-state index contributed by atoms with van der Waals surface area (Å²) in [5.41, 5.74) is 2.76. The minimum atomic E-state index is -1.10. The van der Waals surface area contributed by atoms with Crippen LogP contribution < -0.4 is 0 Å². The maximum Gasteiger partial charge on any atom is 0.344 e. The van der Waals surface area contributed by atoms with Crippen molar-refractivity contribution in [3.63, 3.8) is 0 Å². The van der Waals surface area contributed by atoms with Crippen LogP contribution in [-0.2, 0) is 9.63 Å². The van der Waals surface area contributed by atoms with Gasteiger partial charge in [-0.3, -0.25) is 0 Å². The van der Waals surface area contributed by atoms with Crippen LogP contribution in [0.2, 0.25) is 0 Å². The predicted octanol–water partition coefficient (Wildman–Crippen LogP) is 6.38. The van der Waals surface area contributed by atoms with Crippen LogP contribution in [-0.4, -0.2) is 34.6 Å². The highest BCUT2D eigenvalue weighted by atomic mass is 19.2. The molecule has 0 unspecified atom stereocenters. The van der Waals surface area contributed by atoms with E-state index in [-0.39, 0.29) is 22.9 Å². The first kappa shape index (κ1) is 26.1. The SMILES string of the molecule is C[C@]12CC[C@H]3[C@@H](CC=C4C[C@@H](O)CC[C@@]43C)[C@@H]1CC[C@@H]2C(/C=C/c1ccc(F)c(F)c1)=N/OCC(=O)O. The minimum Gasteiger partial charge on any atom is -0.479 e. The van der Waals surface area contributed by atoms with Crippen molar-refractivity contribution in [1.29, 1.82) is 0 Å². The number of oxime groups is 1. The summed E-state index contributed by atoms with van der Waals surface area (Å²) in [5.74, 6) is -1.13. The Morgan fingerprint density at radius 3 is 2.70 bits per heavy atom. The van der Waals surface area contributed by atoms with E-state index in [1.165, 1.54) is 11.6 Å². The van der Waals surface area contributed by atoms with Gasteiger partial charge < -0.3 is 15.1 Å². The van der Waals surface area contributed by atoms with Crippen LogP contribution in [0, 0.1) is 46.1 Å². The molecule has 7 heteroatoms. The molecular formula is C30H37F2NO4. The largest absolute Gasteiger partial charge is 0.479 e. The number of carboxylic acids is 1. The van der Waals surface area contributed by atoms with E-state index >= 15 is 0 Å². The van der Waals surface area contributed by atoms with Crippen LogP contribution in [0.5, 0.6) is 0 Å². The van der Waals surface area contributed by atoms with Crippen molar-refractivity contribution >= 4 is 17.8 Å². The number of carboxylic acid groups (broad SMARTS) is 1. The highest BCUT2D eigenvalue weighted by molar-refractivity contribution is 6.00. The van der Waals surface area contributed by atoms with Gasteiger partial charge in [0.15, 0.2) is 11.6 Å². The Kier molecular flexibility index (Phi) is 7.03. The van der Waals surface area contributed by atoms with Crippen molar-refractivity contribution in [1.82, 2.24) is 0 Å². The van der Waals surface area contributed by atoms with Gasteiger partial charge in [-0.2, -0.15) is 0 Å². The number of aliphatic hydroxyl groups excluding tert-OH is 1. The van der Waals surface area contributed by atoms with E-state index in [0.717, 1.165) is 63.5 Å². The molecule has 4 aliphatic carbocycles. The van der Waals surface area contributed by atoms with Gasteiger partial charge in [0.2, 0.25) is 6.61 Å². The van der Waals surface area contributed by atoms with Crippen molar-refractivity contribution in [3.05, 3.63) is 53.1 Å². The smallest absolute Gasteiger partial charge is 0.344 e. The molecule has 0 aliphatic heterocycles. The molecule has 0 saturated heterocycles. The molecule has 1 aromatic rings. The molecule has 200 valence electrons. The molecule has 0 radical (unpaired) electrons. The first-order valence-electron chi connectivity index (χ1n) is 13.5. The van der Waals surface area contributed by atoms with Crippen molar-refractivity contribution in [2.45, 2.75) is 71.3 Å². The number of carbonyl (C=O) groups is 1. The van der Waals surface area contributed by atoms with Crippen LogP contribution >= 0.6 is 0 Å². The van der Waals surface area contributed by atoms with Gasteiger partial charge in [0.05, 0.1) is 11.8 Å². The molecule has 3 fully saturated rings. The second-order valence-electron chi connectivity index (χ2n) is 12.0. The Morgan fingerprint density at radius 1 is 1.14 bits per heavy atom. The fraction of sp³-hybridized carbons (Fsp3) is 0.600. The topological polar surface area (TPSA) is 79.1 Å². The summed E-state index contributed by atoms with van der Waals surface area (Å²) >= 11 is 0. The monoisotopic (exact) mass is 513 g/mol. The van der Waals surface area contributed by atoms with Gasteiger partial charge in [0.1, 0.15) is 0 Å². The molecule has 3 saturated carbocycles. The number of fused-ring (bicyclic) bond motifs is 5. The maximum atomic E-state index is 13.8. The summed E-state index contributed by atoms with van der Waals surface area (Å²) in [6, 6.07) is 3.74. The van der Waals surface area contributed by atoms with Crippen LogP contribution in [0.25, 0.3) is 6.08 Å². The molecule has 5 rings (SSSR count). The number of hydrogen-bond acceptors (Lipinski definition) is 4. The van der Waals surface area contributed by atoms with Crippen molar-refractivity contribution in [2.24, 2.45) is 39.7 Å². The maximum absolute atomic E-state index is 13.8. The lowest BCUT2D eigenvalue weighted by Gasteiger charge is -2.58. The Hall–Kier alpha value is -2.54. The molecule has 0 heterocycles. The molecule has 1 aromatic carbocycles. The lowest BCUT2D eigenvalue weighted by Crippen LogP contribution is -2.51. The summed E-state index contributed by atoms with van der Waals surface area (Å²) in [6.07, 6.45) is 13.6. The number of nitrogens with zero attached hydrogens (tertiary/aromatic N) is 1. The number of hydrogen-bond donors (Lipinski definition) is 2. The Bertz CT molecular complexity index is 1150. The van der Waals surface area contributed by atoms with Crippen molar-refractivity contribution in [2.75, 3.05) is 6.61 Å². The Balaban J connectivity index is 1.42. The number of halogens is 2. The summed E-state index contributed by atoms with van der Waals surface area (Å²) in [7, 11) is 0. The molecule has 0 aromatic heterocycles. The number of benzene rings is 1. The first-order chi connectivity index (χ1) is 17.6. The Morgan fingerprint density at radius 2 is 1.95 bits per heavy atom. The minimum absolute atomic E-state index is 0.0130. The third kappa shape index (κ3) is 4.75. The molecule has 37 heavy (non-hydrogen) atoms. The molecule has 2 N–H and O–H groups in total. The second-order valence-corrected chi connectivity index (χ2v) is 12.0. The second kappa shape index (κ2) is 9.97. The zero-order valence-corrected chi connectivity index (χ0v) is 21.6. The summed E-state index contributed by atoms with van der Waals surface area (Å²) in [4.78, 5) is 16.3. The lowest BCUT2D eigenvalue weighted by molar-refractivity contribution is -0.142. The molecule has 0 spiro atoms. The van der Waals surface area contributed by atoms with Gasteiger partial charge in [-0.1, -0.05) is 42.8 Å². The van der Waals surface area contributed by atoms with E-state index in [9.17, 15) is 18.7 Å². The number of allylic oxidation sites excluding steroid dienone is 2. The number of aliphatic carboxylic acids is 1. The molecule has 0 bridgehead atoms. The lowest BCUT2D eigenvalue weighted by atomic mass is 9.47.